The van der Waals surface area contributed by atoms with Gasteiger partial charge in [-0.15, -0.1) is 0 Å². The molecule has 2 amide bonds. The molecule has 2 aromatic carbocycles. The topological polar surface area (TPSA) is 81.8 Å². The molecule has 1 saturated heterocycles. The third-order valence-electron chi connectivity index (χ3n) is 5.98. The van der Waals surface area contributed by atoms with Crippen molar-refractivity contribution in [2.45, 2.75) is 43.2 Å². The smallest absolute Gasteiger partial charge is 0.319 e. The highest BCUT2D eigenvalue weighted by Gasteiger charge is 2.30. The quantitative estimate of drug-likeness (QED) is 0.620. The fraction of sp³-hybridized carbons (Fsp3) is 0.435. The molecule has 2 aromatic rings. The molecule has 0 aromatic heterocycles. The molecule has 7 nitrogen and oxygen atoms in total. The lowest BCUT2D eigenvalue weighted by Gasteiger charge is -2.34. The Balaban J connectivity index is 1.62. The number of halogens is 1. The van der Waals surface area contributed by atoms with Crippen molar-refractivity contribution in [3.05, 3.63) is 59.1 Å². The van der Waals surface area contributed by atoms with Crippen LogP contribution < -0.4 is 10.6 Å². The van der Waals surface area contributed by atoms with Crippen molar-refractivity contribution in [2.24, 2.45) is 0 Å². The highest BCUT2D eigenvalue weighted by molar-refractivity contribution is 7.89. The van der Waals surface area contributed by atoms with Crippen LogP contribution in [-0.4, -0.2) is 56.9 Å². The van der Waals surface area contributed by atoms with Gasteiger partial charge in [-0.3, -0.25) is 0 Å². The number of anilines is 1. The van der Waals surface area contributed by atoms with Gasteiger partial charge in [-0.25, -0.2) is 13.2 Å². The maximum absolute atomic E-state index is 13.0. The summed E-state index contributed by atoms with van der Waals surface area (Å²) in [4.78, 5) is 14.9. The summed E-state index contributed by atoms with van der Waals surface area (Å²) in [5.41, 5.74) is 1.49. The number of nitrogens with one attached hydrogen (secondary N) is 2. The Labute approximate surface area is 195 Å². The lowest BCUT2D eigenvalue weighted by atomic mass is 10.1. The van der Waals surface area contributed by atoms with E-state index in [1.165, 1.54) is 16.4 Å². The third kappa shape index (κ3) is 6.01. The first kappa shape index (κ1) is 24.5. The van der Waals surface area contributed by atoms with Crippen LogP contribution in [-0.2, 0) is 10.0 Å². The van der Waals surface area contributed by atoms with Crippen LogP contribution in [0.2, 0.25) is 5.02 Å². The van der Waals surface area contributed by atoms with E-state index in [2.05, 4.69) is 15.5 Å². The summed E-state index contributed by atoms with van der Waals surface area (Å²) in [5, 5.41) is 6.35. The number of carbonyl (C=O) groups is 1. The van der Waals surface area contributed by atoms with Crippen molar-refractivity contribution in [1.29, 1.82) is 0 Å². The normalized spacial score (nSPS) is 16.7. The van der Waals surface area contributed by atoms with Crippen molar-refractivity contribution in [2.75, 3.05) is 32.5 Å². The predicted octanol–water partition coefficient (Wildman–Crippen LogP) is 4.33. The number of rotatable bonds is 7. The molecule has 174 valence electrons. The van der Waals surface area contributed by atoms with E-state index in [-0.39, 0.29) is 23.0 Å². The largest absolute Gasteiger partial charge is 0.331 e. The van der Waals surface area contributed by atoms with Crippen LogP contribution in [0.15, 0.2) is 53.4 Å². The van der Waals surface area contributed by atoms with Gasteiger partial charge in [0.1, 0.15) is 0 Å². The Morgan fingerprint density at radius 1 is 1.12 bits per heavy atom. The number of hydrogen-bond acceptors (Lipinski definition) is 4. The molecule has 2 N–H and O–H groups in total. The van der Waals surface area contributed by atoms with Crippen LogP contribution in [0.25, 0.3) is 0 Å². The first-order valence-corrected chi connectivity index (χ1v) is 12.6. The second-order valence-electron chi connectivity index (χ2n) is 8.19. The van der Waals surface area contributed by atoms with Crippen LogP contribution in [0.5, 0.6) is 0 Å². The average molecular weight is 479 g/mol. The van der Waals surface area contributed by atoms with Crippen LogP contribution in [0.1, 0.15) is 37.8 Å². The van der Waals surface area contributed by atoms with Gasteiger partial charge in [0, 0.05) is 23.8 Å². The van der Waals surface area contributed by atoms with E-state index in [1.807, 2.05) is 26.1 Å². The standard InChI is InChI=1S/C23H31ClN4O3S/c1-4-22(17-5-7-18(24)8-6-17)26-23(29)25-19-9-11-21(12-10-19)32(30,31)28(3)20-13-15-27(2)16-14-20/h5-12,20,22H,4,13-16H2,1-3H3,(H2,25,26,29). The predicted molar refractivity (Wildman–Crippen MR) is 129 cm³/mol. The van der Waals surface area contributed by atoms with Crippen molar-refractivity contribution < 1.29 is 13.2 Å². The van der Waals surface area contributed by atoms with Crippen LogP contribution >= 0.6 is 11.6 Å². The molecule has 1 atom stereocenters. The van der Waals surface area contributed by atoms with E-state index < -0.39 is 10.0 Å². The minimum atomic E-state index is -3.59. The molecule has 0 radical (unpaired) electrons. The Bertz CT molecular complexity index is 1000. The Morgan fingerprint density at radius 2 is 1.72 bits per heavy atom. The van der Waals surface area contributed by atoms with Gasteiger partial charge in [0.05, 0.1) is 10.9 Å². The molecule has 9 heteroatoms. The van der Waals surface area contributed by atoms with Gasteiger partial charge in [0.15, 0.2) is 0 Å². The number of carbonyl (C=O) groups excluding carboxylic acids is 1. The molecule has 1 aliphatic heterocycles. The van der Waals surface area contributed by atoms with Crippen molar-refractivity contribution in [3.63, 3.8) is 0 Å². The number of likely N-dealkylation sites (tertiary alicyclic amines) is 1. The SMILES string of the molecule is CCC(NC(=O)Nc1ccc(S(=O)(=O)N(C)C2CCN(C)CC2)cc1)c1ccc(Cl)cc1. The summed E-state index contributed by atoms with van der Waals surface area (Å²) in [6.07, 6.45) is 2.35. The molecule has 32 heavy (non-hydrogen) atoms. The maximum atomic E-state index is 13.0. The number of hydrogen-bond donors (Lipinski definition) is 2. The second-order valence-corrected chi connectivity index (χ2v) is 10.6. The molecule has 1 fully saturated rings. The lowest BCUT2D eigenvalue weighted by molar-refractivity contribution is 0.197. The Hall–Kier alpha value is -2.13. The van der Waals surface area contributed by atoms with Gasteiger partial charge in [-0.2, -0.15) is 4.31 Å². The molecule has 1 unspecified atom stereocenters. The zero-order valence-corrected chi connectivity index (χ0v) is 20.3. The Kier molecular flexibility index (Phi) is 8.16. The van der Waals surface area contributed by atoms with Gasteiger partial charge in [0.25, 0.3) is 0 Å². The second kappa shape index (κ2) is 10.7. The molecule has 0 bridgehead atoms. The first-order valence-electron chi connectivity index (χ1n) is 10.8. The zero-order chi connectivity index (χ0) is 23.3. The summed E-state index contributed by atoms with van der Waals surface area (Å²) >= 11 is 5.94. The molecular weight excluding hydrogens is 448 g/mol. The third-order valence-corrected chi connectivity index (χ3v) is 8.15. The average Bonchev–Trinajstić information content (AvgIpc) is 2.78. The highest BCUT2D eigenvalue weighted by Crippen LogP contribution is 2.24. The monoisotopic (exact) mass is 478 g/mol. The van der Waals surface area contributed by atoms with Gasteiger partial charge < -0.3 is 15.5 Å². The minimum absolute atomic E-state index is 0.00127. The first-order chi connectivity index (χ1) is 15.2. The summed E-state index contributed by atoms with van der Waals surface area (Å²) in [7, 11) is 0.104. The fourth-order valence-corrected chi connectivity index (χ4v) is 5.41. The number of benzene rings is 2. The Morgan fingerprint density at radius 3 is 2.28 bits per heavy atom. The molecule has 0 spiro atoms. The summed E-state index contributed by atoms with van der Waals surface area (Å²) < 4.78 is 27.5. The van der Waals surface area contributed by atoms with Gasteiger partial charge in [-0.05, 0) is 81.4 Å². The number of nitrogens with zero attached hydrogens (tertiary/aromatic N) is 2. The van der Waals surface area contributed by atoms with E-state index in [0.29, 0.717) is 10.7 Å². The van der Waals surface area contributed by atoms with E-state index in [9.17, 15) is 13.2 Å². The fourth-order valence-electron chi connectivity index (χ4n) is 3.87. The summed E-state index contributed by atoms with van der Waals surface area (Å²) in [5.74, 6) is 0. The molecule has 3 rings (SSSR count). The van der Waals surface area contributed by atoms with Gasteiger partial charge in [0.2, 0.25) is 10.0 Å². The highest BCUT2D eigenvalue weighted by atomic mass is 35.5. The number of piperidine rings is 1. The molecule has 0 saturated carbocycles. The zero-order valence-electron chi connectivity index (χ0n) is 18.7. The van der Waals surface area contributed by atoms with Crippen LogP contribution in [0.3, 0.4) is 0 Å². The number of amides is 2. The van der Waals surface area contributed by atoms with Crippen LogP contribution in [0, 0.1) is 0 Å². The molecule has 0 aliphatic carbocycles. The van der Waals surface area contributed by atoms with E-state index in [1.54, 1.807) is 31.3 Å². The van der Waals surface area contributed by atoms with E-state index in [0.717, 1.165) is 37.9 Å². The number of urea groups is 1. The van der Waals surface area contributed by atoms with Crippen LogP contribution in [0.4, 0.5) is 10.5 Å². The molecule has 1 heterocycles. The molecule has 1 aliphatic rings. The van der Waals surface area contributed by atoms with E-state index >= 15 is 0 Å². The minimum Gasteiger partial charge on any atom is -0.331 e. The van der Waals surface area contributed by atoms with E-state index in [4.69, 9.17) is 11.6 Å². The van der Waals surface area contributed by atoms with Crippen molar-refractivity contribution in [1.82, 2.24) is 14.5 Å². The summed E-state index contributed by atoms with van der Waals surface area (Å²) in [6.45, 7) is 3.76. The summed E-state index contributed by atoms with van der Waals surface area (Å²) in [6, 6.07) is 13.1. The van der Waals surface area contributed by atoms with Crippen molar-refractivity contribution in [3.8, 4) is 0 Å². The number of sulfonamides is 1. The maximum Gasteiger partial charge on any atom is 0.319 e. The van der Waals surface area contributed by atoms with Gasteiger partial charge in [-0.1, -0.05) is 30.7 Å². The lowest BCUT2D eigenvalue weighted by Crippen LogP contribution is -2.44. The van der Waals surface area contributed by atoms with Gasteiger partial charge >= 0.3 is 6.03 Å². The van der Waals surface area contributed by atoms with Crippen molar-refractivity contribution >= 4 is 33.3 Å². The molecular formula is C23H31ClN4O3S.